The molecule has 2 aromatic rings. The summed E-state index contributed by atoms with van der Waals surface area (Å²) in [6.07, 6.45) is 2.94. The molecule has 0 spiro atoms. The Kier molecular flexibility index (Phi) is 5.25. The van der Waals surface area contributed by atoms with Gasteiger partial charge in [-0.25, -0.2) is 0 Å². The number of hydrogen-bond donors (Lipinski definition) is 0. The first kappa shape index (κ1) is 17.0. The van der Waals surface area contributed by atoms with Crippen molar-refractivity contribution in [2.45, 2.75) is 39.7 Å². The zero-order chi connectivity index (χ0) is 17.1. The highest BCUT2D eigenvalue weighted by atomic mass is 32.1. The Balaban J connectivity index is 1.79. The van der Waals surface area contributed by atoms with Crippen LogP contribution in [0.4, 0.5) is 0 Å². The molecule has 2 heterocycles. The van der Waals surface area contributed by atoms with Crippen LogP contribution in [-0.4, -0.2) is 40.8 Å². The molecule has 3 rings (SSSR count). The largest absolute Gasteiger partial charge is 0.462 e. The number of esters is 1. The lowest BCUT2D eigenvalue weighted by atomic mass is 9.89. The van der Waals surface area contributed by atoms with Crippen molar-refractivity contribution in [1.82, 2.24) is 15.0 Å². The Hall–Kier alpha value is -1.80. The summed E-state index contributed by atoms with van der Waals surface area (Å²) < 4.78 is 11.2. The summed E-state index contributed by atoms with van der Waals surface area (Å²) in [5, 5.41) is 8.64. The number of aromatic nitrogens is 3. The maximum absolute atomic E-state index is 12.7. The van der Waals surface area contributed by atoms with Crippen molar-refractivity contribution in [1.29, 1.82) is 0 Å². The molecule has 0 saturated heterocycles. The molecule has 0 aromatic carbocycles. The fourth-order valence-electron chi connectivity index (χ4n) is 2.92. The number of thiophene rings is 1. The Morgan fingerprint density at radius 1 is 1.42 bits per heavy atom. The van der Waals surface area contributed by atoms with Gasteiger partial charge in [0.05, 0.1) is 12.0 Å². The second kappa shape index (κ2) is 7.40. The number of ether oxygens (including phenoxy) is 2. The van der Waals surface area contributed by atoms with Gasteiger partial charge in [0.15, 0.2) is 4.83 Å². The first-order chi connectivity index (χ1) is 11.6. The third-order valence-electron chi connectivity index (χ3n) is 4.16. The van der Waals surface area contributed by atoms with Crippen LogP contribution in [0, 0.1) is 5.92 Å². The normalized spacial score (nSPS) is 17.0. The van der Waals surface area contributed by atoms with Gasteiger partial charge in [-0.05, 0) is 37.7 Å². The molecular formula is C16H21N3O4S. The van der Waals surface area contributed by atoms with Crippen molar-refractivity contribution in [3.63, 3.8) is 0 Å². The van der Waals surface area contributed by atoms with Crippen molar-refractivity contribution in [2.75, 3.05) is 19.8 Å². The van der Waals surface area contributed by atoms with Gasteiger partial charge in [-0.15, -0.1) is 16.4 Å². The highest BCUT2D eigenvalue weighted by Gasteiger charge is 2.24. The van der Waals surface area contributed by atoms with Crippen molar-refractivity contribution in [2.24, 2.45) is 5.92 Å². The SMILES string of the molecule is CCOCCOC(=O)Cn1nnc2sc3c(c2c1=O)CC[C@H](C)C3. The van der Waals surface area contributed by atoms with E-state index in [1.165, 1.54) is 4.88 Å². The van der Waals surface area contributed by atoms with E-state index in [4.69, 9.17) is 9.47 Å². The number of carbonyl (C=O) groups is 1. The summed E-state index contributed by atoms with van der Waals surface area (Å²) in [6.45, 7) is 4.95. The summed E-state index contributed by atoms with van der Waals surface area (Å²) >= 11 is 1.54. The average Bonchev–Trinajstić information content (AvgIpc) is 2.92. The highest BCUT2D eigenvalue weighted by Crippen LogP contribution is 2.35. The molecule has 7 nitrogen and oxygen atoms in total. The Bertz CT molecular complexity index is 798. The van der Waals surface area contributed by atoms with Crippen LogP contribution < -0.4 is 5.56 Å². The molecule has 0 saturated carbocycles. The number of rotatable bonds is 6. The van der Waals surface area contributed by atoms with Gasteiger partial charge in [-0.3, -0.25) is 9.59 Å². The monoisotopic (exact) mass is 351 g/mol. The van der Waals surface area contributed by atoms with E-state index in [1.54, 1.807) is 11.3 Å². The molecule has 0 aliphatic heterocycles. The Morgan fingerprint density at radius 3 is 3.04 bits per heavy atom. The summed E-state index contributed by atoms with van der Waals surface area (Å²) in [5.41, 5.74) is 0.834. The molecule has 0 N–H and O–H groups in total. The van der Waals surface area contributed by atoms with Crippen LogP contribution in [0.3, 0.4) is 0 Å². The van der Waals surface area contributed by atoms with Gasteiger partial charge in [-0.1, -0.05) is 12.1 Å². The topological polar surface area (TPSA) is 83.3 Å². The van der Waals surface area contributed by atoms with Crippen molar-refractivity contribution < 1.29 is 14.3 Å². The van der Waals surface area contributed by atoms with Gasteiger partial charge in [0.2, 0.25) is 0 Å². The Morgan fingerprint density at radius 2 is 2.25 bits per heavy atom. The third-order valence-corrected chi connectivity index (χ3v) is 5.30. The van der Waals surface area contributed by atoms with Crippen LogP contribution in [0.15, 0.2) is 4.79 Å². The molecule has 0 fully saturated rings. The van der Waals surface area contributed by atoms with Gasteiger partial charge in [-0.2, -0.15) is 4.68 Å². The molecular weight excluding hydrogens is 330 g/mol. The van der Waals surface area contributed by atoms with Crippen molar-refractivity contribution in [3.8, 4) is 0 Å². The quantitative estimate of drug-likeness (QED) is 0.580. The van der Waals surface area contributed by atoms with E-state index >= 15 is 0 Å². The second-order valence-corrected chi connectivity index (χ2v) is 7.09. The molecule has 1 aliphatic carbocycles. The lowest BCUT2D eigenvalue weighted by Crippen LogP contribution is -2.29. The van der Waals surface area contributed by atoms with Gasteiger partial charge in [0.1, 0.15) is 13.2 Å². The maximum atomic E-state index is 12.7. The van der Waals surface area contributed by atoms with E-state index in [0.717, 1.165) is 29.5 Å². The minimum atomic E-state index is -0.511. The molecule has 1 aliphatic rings. The first-order valence-corrected chi connectivity index (χ1v) is 9.03. The lowest BCUT2D eigenvalue weighted by molar-refractivity contribution is -0.146. The standard InChI is InChI=1S/C16H21N3O4S/c1-3-22-6-7-23-13(20)9-19-16(21)14-11-5-4-10(2)8-12(11)24-15(14)17-18-19/h10H,3-9H2,1-2H3/t10-/m0/s1. The van der Waals surface area contributed by atoms with Crippen LogP contribution in [0.25, 0.3) is 10.2 Å². The van der Waals surface area contributed by atoms with E-state index in [2.05, 4.69) is 17.2 Å². The zero-order valence-corrected chi connectivity index (χ0v) is 14.7. The molecule has 8 heteroatoms. The summed E-state index contributed by atoms with van der Waals surface area (Å²) in [6, 6.07) is 0. The minimum absolute atomic E-state index is 0.169. The number of fused-ring (bicyclic) bond motifs is 3. The molecule has 24 heavy (non-hydrogen) atoms. The molecule has 1 atom stereocenters. The maximum Gasteiger partial charge on any atom is 0.328 e. The smallest absolute Gasteiger partial charge is 0.328 e. The number of carbonyl (C=O) groups excluding carboxylic acids is 1. The fourth-order valence-corrected chi connectivity index (χ4v) is 4.24. The zero-order valence-electron chi connectivity index (χ0n) is 13.9. The molecule has 2 aromatic heterocycles. The molecule has 0 radical (unpaired) electrons. The number of nitrogens with zero attached hydrogens (tertiary/aromatic N) is 3. The fraction of sp³-hybridized carbons (Fsp3) is 0.625. The molecule has 0 amide bonds. The predicted molar refractivity (Wildman–Crippen MR) is 90.3 cm³/mol. The summed E-state index contributed by atoms with van der Waals surface area (Å²) in [5.74, 6) is 0.115. The van der Waals surface area contributed by atoms with Crippen LogP contribution in [-0.2, 0) is 33.7 Å². The third kappa shape index (κ3) is 3.49. The van der Waals surface area contributed by atoms with Gasteiger partial charge in [0, 0.05) is 11.5 Å². The van der Waals surface area contributed by atoms with E-state index in [1.807, 2.05) is 6.92 Å². The van der Waals surface area contributed by atoms with E-state index in [0.29, 0.717) is 29.3 Å². The lowest BCUT2D eigenvalue weighted by Gasteiger charge is -2.17. The van der Waals surface area contributed by atoms with E-state index in [-0.39, 0.29) is 18.7 Å². The molecule has 0 unspecified atom stereocenters. The Labute approximate surface area is 143 Å². The van der Waals surface area contributed by atoms with Gasteiger partial charge >= 0.3 is 5.97 Å². The summed E-state index contributed by atoms with van der Waals surface area (Å²) in [7, 11) is 0. The highest BCUT2D eigenvalue weighted by molar-refractivity contribution is 7.18. The number of aryl methyl sites for hydroxylation is 1. The van der Waals surface area contributed by atoms with Crippen molar-refractivity contribution >= 4 is 27.5 Å². The van der Waals surface area contributed by atoms with Gasteiger partial charge < -0.3 is 9.47 Å². The molecule has 130 valence electrons. The summed E-state index contributed by atoms with van der Waals surface area (Å²) in [4.78, 5) is 26.4. The van der Waals surface area contributed by atoms with Gasteiger partial charge in [0.25, 0.3) is 5.56 Å². The van der Waals surface area contributed by atoms with E-state index < -0.39 is 5.97 Å². The predicted octanol–water partition coefficient (Wildman–Crippen LogP) is 1.56. The minimum Gasteiger partial charge on any atom is -0.462 e. The second-order valence-electron chi connectivity index (χ2n) is 6.00. The van der Waals surface area contributed by atoms with Crippen LogP contribution in [0.2, 0.25) is 0 Å². The first-order valence-electron chi connectivity index (χ1n) is 8.21. The van der Waals surface area contributed by atoms with Crippen LogP contribution >= 0.6 is 11.3 Å². The van der Waals surface area contributed by atoms with E-state index in [9.17, 15) is 9.59 Å². The van der Waals surface area contributed by atoms with Crippen LogP contribution in [0.1, 0.15) is 30.7 Å². The van der Waals surface area contributed by atoms with Crippen molar-refractivity contribution in [3.05, 3.63) is 20.8 Å². The molecule has 0 bridgehead atoms. The van der Waals surface area contributed by atoms with Crippen LogP contribution in [0.5, 0.6) is 0 Å². The number of hydrogen-bond acceptors (Lipinski definition) is 7. The average molecular weight is 351 g/mol.